The summed E-state index contributed by atoms with van der Waals surface area (Å²) in [5.41, 5.74) is 6.89. The highest BCUT2D eigenvalue weighted by atomic mass is 16.5. The number of Topliss-reactive ketones (excluding diaryl/α,β-unsaturated/α-hetero) is 1. The molecule has 0 bridgehead atoms. The van der Waals surface area contributed by atoms with E-state index in [9.17, 15) is 9.59 Å². The van der Waals surface area contributed by atoms with Gasteiger partial charge in [0.25, 0.3) is 0 Å². The molecule has 168 valence electrons. The number of hydrogen-bond donors (Lipinski definition) is 1. The summed E-state index contributed by atoms with van der Waals surface area (Å²) in [7, 11) is 1.80. The van der Waals surface area contributed by atoms with E-state index in [1.54, 1.807) is 11.9 Å². The molecule has 1 saturated heterocycles. The van der Waals surface area contributed by atoms with Crippen LogP contribution < -0.4 is 5.32 Å². The number of benzene rings is 1. The third-order valence-corrected chi connectivity index (χ3v) is 6.05. The SMILES string of the molecule is Cc1cc(C)c(NC(=O)CN(C)CC(=O)c2cc(C)n(C[C@@H]3CCCO3)c2C)c(C)c1. The van der Waals surface area contributed by atoms with Crippen molar-refractivity contribution < 1.29 is 14.3 Å². The summed E-state index contributed by atoms with van der Waals surface area (Å²) in [5, 5.41) is 3.00. The monoisotopic (exact) mass is 425 g/mol. The van der Waals surface area contributed by atoms with E-state index in [0.29, 0.717) is 0 Å². The van der Waals surface area contributed by atoms with Crippen LogP contribution in [0.2, 0.25) is 0 Å². The zero-order valence-electron chi connectivity index (χ0n) is 19.7. The average molecular weight is 426 g/mol. The number of aryl methyl sites for hydroxylation is 4. The first-order valence-electron chi connectivity index (χ1n) is 11.0. The van der Waals surface area contributed by atoms with Crippen LogP contribution in [-0.2, 0) is 16.1 Å². The molecule has 1 aromatic heterocycles. The van der Waals surface area contributed by atoms with E-state index in [1.807, 2.05) is 40.7 Å². The number of nitrogens with one attached hydrogen (secondary N) is 1. The molecule has 0 unspecified atom stereocenters. The summed E-state index contributed by atoms with van der Waals surface area (Å²) >= 11 is 0. The standard InChI is InChI=1S/C25H35N3O3/c1-16-10-17(2)25(18(3)11-16)26-24(30)15-27(6)14-23(29)22-12-19(4)28(20(22)5)13-21-8-7-9-31-21/h10-12,21H,7-9,13-15H2,1-6H3,(H,26,30)/t21-/m0/s1. The lowest BCUT2D eigenvalue weighted by Gasteiger charge is -2.18. The Balaban J connectivity index is 1.60. The fourth-order valence-electron chi connectivity index (χ4n) is 4.54. The smallest absolute Gasteiger partial charge is 0.238 e. The van der Waals surface area contributed by atoms with Crippen LogP contribution in [0.25, 0.3) is 0 Å². The molecule has 1 aliphatic rings. The van der Waals surface area contributed by atoms with Crippen molar-refractivity contribution in [2.75, 3.05) is 32.1 Å². The summed E-state index contributed by atoms with van der Waals surface area (Å²) in [4.78, 5) is 27.3. The van der Waals surface area contributed by atoms with E-state index in [2.05, 4.69) is 22.0 Å². The number of carbonyl (C=O) groups is 2. The zero-order valence-corrected chi connectivity index (χ0v) is 19.7. The van der Waals surface area contributed by atoms with Gasteiger partial charge in [0.2, 0.25) is 5.91 Å². The molecule has 0 radical (unpaired) electrons. The van der Waals surface area contributed by atoms with Gasteiger partial charge in [0.05, 0.1) is 19.2 Å². The maximum absolute atomic E-state index is 12.9. The Hall–Kier alpha value is -2.44. The number of nitrogens with zero attached hydrogens (tertiary/aromatic N) is 2. The van der Waals surface area contributed by atoms with Gasteiger partial charge in [-0.1, -0.05) is 17.7 Å². The molecule has 1 aliphatic heterocycles. The lowest BCUT2D eigenvalue weighted by molar-refractivity contribution is -0.116. The number of rotatable bonds is 8. The first-order valence-corrected chi connectivity index (χ1v) is 11.0. The van der Waals surface area contributed by atoms with Crippen molar-refractivity contribution >= 4 is 17.4 Å². The first kappa shape index (κ1) is 23.2. The van der Waals surface area contributed by atoms with Crippen molar-refractivity contribution in [2.45, 2.75) is 60.1 Å². The highest BCUT2D eigenvalue weighted by Gasteiger charge is 2.22. The maximum atomic E-state index is 12.9. The topological polar surface area (TPSA) is 63.6 Å². The van der Waals surface area contributed by atoms with Gasteiger partial charge in [-0.3, -0.25) is 14.5 Å². The van der Waals surface area contributed by atoms with Crippen molar-refractivity contribution in [3.8, 4) is 0 Å². The molecule has 6 heteroatoms. The van der Waals surface area contributed by atoms with Crippen LogP contribution >= 0.6 is 0 Å². The molecule has 1 atom stereocenters. The van der Waals surface area contributed by atoms with Gasteiger partial charge in [-0.25, -0.2) is 0 Å². The summed E-state index contributed by atoms with van der Waals surface area (Å²) in [6.07, 6.45) is 2.40. The minimum absolute atomic E-state index is 0.0321. The predicted molar refractivity (Wildman–Crippen MR) is 124 cm³/mol. The molecule has 1 fully saturated rings. The molecular weight excluding hydrogens is 390 g/mol. The Morgan fingerprint density at radius 2 is 1.77 bits per heavy atom. The fraction of sp³-hybridized carbons (Fsp3) is 0.520. The van der Waals surface area contributed by atoms with E-state index >= 15 is 0 Å². The van der Waals surface area contributed by atoms with Crippen molar-refractivity contribution in [3.05, 3.63) is 51.8 Å². The van der Waals surface area contributed by atoms with Gasteiger partial charge in [0, 0.05) is 35.8 Å². The first-order chi connectivity index (χ1) is 14.7. The van der Waals surface area contributed by atoms with Crippen molar-refractivity contribution in [1.29, 1.82) is 0 Å². The quantitative estimate of drug-likeness (QED) is 0.650. The molecule has 1 amide bonds. The van der Waals surface area contributed by atoms with Gasteiger partial charge in [-0.05, 0) is 71.7 Å². The number of anilines is 1. The number of likely N-dealkylation sites (N-methyl/N-ethyl adjacent to an activating group) is 1. The van der Waals surface area contributed by atoms with Gasteiger partial charge in [-0.2, -0.15) is 0 Å². The minimum Gasteiger partial charge on any atom is -0.376 e. The third kappa shape index (κ3) is 5.63. The fourth-order valence-corrected chi connectivity index (χ4v) is 4.54. The molecule has 1 aromatic carbocycles. The van der Waals surface area contributed by atoms with Gasteiger partial charge < -0.3 is 14.6 Å². The Morgan fingerprint density at radius 1 is 1.10 bits per heavy atom. The van der Waals surface area contributed by atoms with Gasteiger partial charge >= 0.3 is 0 Å². The van der Waals surface area contributed by atoms with Crippen LogP contribution in [0.3, 0.4) is 0 Å². The lowest BCUT2D eigenvalue weighted by Crippen LogP contribution is -2.34. The Morgan fingerprint density at radius 3 is 2.39 bits per heavy atom. The number of hydrogen-bond acceptors (Lipinski definition) is 4. The molecule has 31 heavy (non-hydrogen) atoms. The van der Waals surface area contributed by atoms with Crippen LogP contribution in [0, 0.1) is 34.6 Å². The number of ether oxygens (including phenoxy) is 1. The summed E-state index contributed by atoms with van der Waals surface area (Å²) in [5.74, 6) is -0.0844. The largest absolute Gasteiger partial charge is 0.376 e. The Bertz CT molecular complexity index is 948. The van der Waals surface area contributed by atoms with Crippen molar-refractivity contribution in [3.63, 3.8) is 0 Å². The summed E-state index contributed by atoms with van der Waals surface area (Å²) < 4.78 is 7.94. The second-order valence-electron chi connectivity index (χ2n) is 8.95. The van der Waals surface area contributed by atoms with Crippen LogP contribution in [0.4, 0.5) is 5.69 Å². The van der Waals surface area contributed by atoms with Crippen LogP contribution in [0.1, 0.15) is 51.3 Å². The van der Waals surface area contributed by atoms with E-state index in [0.717, 1.165) is 59.8 Å². The number of aromatic nitrogens is 1. The molecular formula is C25H35N3O3. The lowest BCUT2D eigenvalue weighted by atomic mass is 10.1. The maximum Gasteiger partial charge on any atom is 0.238 e. The summed E-state index contributed by atoms with van der Waals surface area (Å²) in [6, 6.07) is 6.07. The van der Waals surface area contributed by atoms with Crippen LogP contribution in [0.5, 0.6) is 0 Å². The molecule has 0 aliphatic carbocycles. The number of ketones is 1. The molecule has 2 heterocycles. The van der Waals surface area contributed by atoms with Crippen LogP contribution in [-0.4, -0.2) is 54.0 Å². The molecule has 0 spiro atoms. The van der Waals surface area contributed by atoms with Gasteiger partial charge in [0.15, 0.2) is 5.78 Å². The minimum atomic E-state index is -0.116. The van der Waals surface area contributed by atoms with E-state index < -0.39 is 0 Å². The molecule has 2 aromatic rings. The molecule has 1 N–H and O–H groups in total. The number of carbonyl (C=O) groups excluding carboxylic acids is 2. The Labute approximate surface area is 185 Å². The average Bonchev–Trinajstić information content (AvgIpc) is 3.28. The number of amides is 1. The van der Waals surface area contributed by atoms with Crippen molar-refractivity contribution in [1.82, 2.24) is 9.47 Å². The second kappa shape index (κ2) is 9.79. The second-order valence-corrected chi connectivity index (χ2v) is 8.95. The molecule has 0 saturated carbocycles. The highest BCUT2D eigenvalue weighted by Crippen LogP contribution is 2.22. The third-order valence-electron chi connectivity index (χ3n) is 6.05. The predicted octanol–water partition coefficient (Wildman–Crippen LogP) is 3.96. The normalized spacial score (nSPS) is 16.2. The van der Waals surface area contributed by atoms with Crippen molar-refractivity contribution in [2.24, 2.45) is 0 Å². The van der Waals surface area contributed by atoms with Crippen LogP contribution in [0.15, 0.2) is 18.2 Å². The van der Waals surface area contributed by atoms with E-state index in [4.69, 9.17) is 4.74 Å². The van der Waals surface area contributed by atoms with E-state index in [-0.39, 0.29) is 30.9 Å². The molecule has 3 rings (SSSR count). The molecule has 6 nitrogen and oxygen atoms in total. The highest BCUT2D eigenvalue weighted by molar-refractivity contribution is 5.99. The zero-order chi connectivity index (χ0) is 22.7. The summed E-state index contributed by atoms with van der Waals surface area (Å²) in [6.45, 7) is 12.0. The van der Waals surface area contributed by atoms with E-state index in [1.165, 1.54) is 5.56 Å². The Kier molecular flexibility index (Phi) is 7.34. The van der Waals surface area contributed by atoms with Gasteiger partial charge in [-0.15, -0.1) is 0 Å². The van der Waals surface area contributed by atoms with Gasteiger partial charge in [0.1, 0.15) is 0 Å².